The highest BCUT2D eigenvalue weighted by atomic mass is 16.4. The molecule has 0 aromatic carbocycles. The summed E-state index contributed by atoms with van der Waals surface area (Å²) in [5.74, 6) is -1.02. The van der Waals surface area contributed by atoms with E-state index in [1.54, 1.807) is 12.3 Å². The molecule has 0 atom stereocenters. The molecule has 3 N–H and O–H groups in total. The summed E-state index contributed by atoms with van der Waals surface area (Å²) < 4.78 is 0. The first-order chi connectivity index (χ1) is 8.65. The quantitative estimate of drug-likeness (QED) is 0.610. The number of hydrogen-bond acceptors (Lipinski definition) is 4. The van der Waals surface area contributed by atoms with Crippen LogP contribution in [0.25, 0.3) is 0 Å². The van der Waals surface area contributed by atoms with Gasteiger partial charge in [0.05, 0.1) is 11.3 Å². The SMILES string of the molecule is CCNC(=O)CCNCc1ncccc1C(=O)O. The summed E-state index contributed by atoms with van der Waals surface area (Å²) in [4.78, 5) is 26.1. The number of carboxylic acids is 1. The van der Waals surface area contributed by atoms with E-state index in [1.165, 1.54) is 6.07 Å². The summed E-state index contributed by atoms with van der Waals surface area (Å²) >= 11 is 0. The van der Waals surface area contributed by atoms with Crippen LogP contribution in [-0.4, -0.2) is 35.1 Å². The Balaban J connectivity index is 2.40. The van der Waals surface area contributed by atoms with E-state index in [0.29, 0.717) is 31.7 Å². The number of amides is 1. The Morgan fingerprint density at radius 3 is 2.89 bits per heavy atom. The second-order valence-electron chi connectivity index (χ2n) is 3.68. The largest absolute Gasteiger partial charge is 0.478 e. The van der Waals surface area contributed by atoms with Gasteiger partial charge in [-0.2, -0.15) is 0 Å². The van der Waals surface area contributed by atoms with Crippen LogP contribution in [0.4, 0.5) is 0 Å². The smallest absolute Gasteiger partial charge is 0.337 e. The Labute approximate surface area is 105 Å². The number of pyridine rings is 1. The molecule has 1 amide bonds. The van der Waals surface area contributed by atoms with E-state index < -0.39 is 5.97 Å². The summed E-state index contributed by atoms with van der Waals surface area (Å²) in [7, 11) is 0. The summed E-state index contributed by atoms with van der Waals surface area (Å²) in [6.45, 7) is 3.30. The highest BCUT2D eigenvalue weighted by Crippen LogP contribution is 2.04. The molecule has 0 unspecified atom stereocenters. The Kier molecular flexibility index (Phi) is 5.79. The van der Waals surface area contributed by atoms with Crippen LogP contribution in [0.2, 0.25) is 0 Å². The van der Waals surface area contributed by atoms with Gasteiger partial charge in [-0.15, -0.1) is 0 Å². The monoisotopic (exact) mass is 251 g/mol. The fourth-order valence-electron chi connectivity index (χ4n) is 1.47. The van der Waals surface area contributed by atoms with Crippen LogP contribution < -0.4 is 10.6 Å². The second-order valence-corrected chi connectivity index (χ2v) is 3.68. The van der Waals surface area contributed by atoms with E-state index in [-0.39, 0.29) is 11.5 Å². The molecule has 0 spiro atoms. The van der Waals surface area contributed by atoms with E-state index >= 15 is 0 Å². The summed E-state index contributed by atoms with van der Waals surface area (Å²) in [6.07, 6.45) is 1.91. The molecular formula is C12H17N3O3. The molecule has 0 radical (unpaired) electrons. The molecule has 0 aliphatic carbocycles. The lowest BCUT2D eigenvalue weighted by atomic mass is 10.2. The number of nitrogens with one attached hydrogen (secondary N) is 2. The number of carbonyl (C=O) groups excluding carboxylic acids is 1. The number of carbonyl (C=O) groups is 2. The molecule has 6 nitrogen and oxygen atoms in total. The van der Waals surface area contributed by atoms with Gasteiger partial charge in [0.15, 0.2) is 0 Å². The van der Waals surface area contributed by atoms with Gasteiger partial charge < -0.3 is 15.7 Å². The van der Waals surface area contributed by atoms with Gasteiger partial charge in [0.1, 0.15) is 0 Å². The van der Waals surface area contributed by atoms with Crippen molar-refractivity contribution < 1.29 is 14.7 Å². The van der Waals surface area contributed by atoms with Gasteiger partial charge in [-0.1, -0.05) is 0 Å². The average Bonchev–Trinajstić information content (AvgIpc) is 2.35. The van der Waals surface area contributed by atoms with Gasteiger partial charge in [-0.25, -0.2) is 4.79 Å². The highest BCUT2D eigenvalue weighted by Gasteiger charge is 2.09. The minimum absolute atomic E-state index is 0.0236. The second kappa shape index (κ2) is 7.39. The topological polar surface area (TPSA) is 91.3 Å². The maximum Gasteiger partial charge on any atom is 0.337 e. The third-order valence-electron chi connectivity index (χ3n) is 2.32. The van der Waals surface area contributed by atoms with Crippen molar-refractivity contribution in [2.75, 3.05) is 13.1 Å². The zero-order valence-electron chi connectivity index (χ0n) is 10.3. The van der Waals surface area contributed by atoms with E-state index in [9.17, 15) is 9.59 Å². The third-order valence-corrected chi connectivity index (χ3v) is 2.32. The zero-order chi connectivity index (χ0) is 13.4. The summed E-state index contributed by atoms with van der Waals surface area (Å²) in [6, 6.07) is 3.10. The number of hydrogen-bond donors (Lipinski definition) is 3. The van der Waals surface area contributed by atoms with Crippen molar-refractivity contribution in [1.29, 1.82) is 0 Å². The minimum atomic E-state index is -0.997. The van der Waals surface area contributed by atoms with Crippen LogP contribution in [0.1, 0.15) is 29.4 Å². The van der Waals surface area contributed by atoms with E-state index in [1.807, 2.05) is 6.92 Å². The lowest BCUT2D eigenvalue weighted by Gasteiger charge is -2.06. The lowest BCUT2D eigenvalue weighted by molar-refractivity contribution is -0.120. The standard InChI is InChI=1S/C12H17N3O3/c1-2-14-11(16)5-7-13-8-10-9(12(17)18)4-3-6-15-10/h3-4,6,13H,2,5,7-8H2,1H3,(H,14,16)(H,17,18). The Hall–Kier alpha value is -1.95. The van der Waals surface area contributed by atoms with Crippen LogP contribution in [0, 0.1) is 0 Å². The number of aromatic nitrogens is 1. The molecule has 98 valence electrons. The highest BCUT2D eigenvalue weighted by molar-refractivity contribution is 5.88. The molecule has 0 aliphatic heterocycles. The third kappa shape index (κ3) is 4.50. The average molecular weight is 251 g/mol. The van der Waals surface area contributed by atoms with Crippen molar-refractivity contribution in [1.82, 2.24) is 15.6 Å². The molecule has 0 bridgehead atoms. The molecule has 0 saturated carbocycles. The number of carboxylic acid groups (broad SMARTS) is 1. The first kappa shape index (κ1) is 14.1. The Morgan fingerprint density at radius 1 is 1.44 bits per heavy atom. The maximum absolute atomic E-state index is 11.2. The van der Waals surface area contributed by atoms with Crippen molar-refractivity contribution in [2.24, 2.45) is 0 Å². The summed E-state index contributed by atoms with van der Waals surface area (Å²) in [5.41, 5.74) is 0.656. The van der Waals surface area contributed by atoms with Crippen molar-refractivity contribution in [3.63, 3.8) is 0 Å². The molecule has 1 aromatic rings. The van der Waals surface area contributed by atoms with Gasteiger partial charge in [0, 0.05) is 32.3 Å². The van der Waals surface area contributed by atoms with E-state index in [0.717, 1.165) is 0 Å². The molecule has 0 saturated heterocycles. The van der Waals surface area contributed by atoms with Crippen LogP contribution in [0.15, 0.2) is 18.3 Å². The van der Waals surface area contributed by atoms with E-state index in [4.69, 9.17) is 5.11 Å². The maximum atomic E-state index is 11.2. The molecular weight excluding hydrogens is 234 g/mol. The Morgan fingerprint density at radius 2 is 2.22 bits per heavy atom. The van der Waals surface area contributed by atoms with Gasteiger partial charge in [0.25, 0.3) is 0 Å². The Bertz CT molecular complexity index is 421. The van der Waals surface area contributed by atoms with Crippen LogP contribution in [0.3, 0.4) is 0 Å². The van der Waals surface area contributed by atoms with Crippen LogP contribution in [-0.2, 0) is 11.3 Å². The van der Waals surface area contributed by atoms with Gasteiger partial charge in [-0.05, 0) is 19.1 Å². The van der Waals surface area contributed by atoms with Crippen molar-refractivity contribution >= 4 is 11.9 Å². The molecule has 6 heteroatoms. The predicted molar refractivity (Wildman–Crippen MR) is 66.2 cm³/mol. The van der Waals surface area contributed by atoms with Crippen molar-refractivity contribution in [2.45, 2.75) is 19.9 Å². The fourth-order valence-corrected chi connectivity index (χ4v) is 1.47. The molecule has 1 rings (SSSR count). The van der Waals surface area contributed by atoms with Crippen molar-refractivity contribution in [3.8, 4) is 0 Å². The molecule has 1 heterocycles. The zero-order valence-corrected chi connectivity index (χ0v) is 10.3. The van der Waals surface area contributed by atoms with Crippen LogP contribution >= 0.6 is 0 Å². The first-order valence-electron chi connectivity index (χ1n) is 5.79. The molecule has 18 heavy (non-hydrogen) atoms. The normalized spacial score (nSPS) is 10.1. The first-order valence-corrected chi connectivity index (χ1v) is 5.79. The number of aromatic carboxylic acids is 1. The van der Waals surface area contributed by atoms with E-state index in [2.05, 4.69) is 15.6 Å². The molecule has 0 fully saturated rings. The molecule has 0 aliphatic rings. The summed E-state index contributed by atoms with van der Waals surface area (Å²) in [5, 5.41) is 14.6. The van der Waals surface area contributed by atoms with Crippen LogP contribution in [0.5, 0.6) is 0 Å². The fraction of sp³-hybridized carbons (Fsp3) is 0.417. The van der Waals surface area contributed by atoms with Crippen molar-refractivity contribution in [3.05, 3.63) is 29.6 Å². The van der Waals surface area contributed by atoms with Gasteiger partial charge in [-0.3, -0.25) is 9.78 Å². The predicted octanol–water partition coefficient (Wildman–Crippen LogP) is 0.396. The number of rotatable bonds is 7. The van der Waals surface area contributed by atoms with Gasteiger partial charge >= 0.3 is 5.97 Å². The lowest BCUT2D eigenvalue weighted by Crippen LogP contribution is -2.27. The minimum Gasteiger partial charge on any atom is -0.478 e. The number of nitrogens with zero attached hydrogens (tertiary/aromatic N) is 1. The molecule has 1 aromatic heterocycles. The van der Waals surface area contributed by atoms with Gasteiger partial charge in [0.2, 0.25) is 5.91 Å².